The molecule has 4 rings (SSSR count). The first-order valence-corrected chi connectivity index (χ1v) is 13.1. The Bertz CT molecular complexity index is 1490. The third-order valence-electron chi connectivity index (χ3n) is 6.04. The second-order valence-corrected chi connectivity index (χ2v) is 9.48. The van der Waals surface area contributed by atoms with E-state index in [0.29, 0.717) is 27.3 Å². The molecule has 0 aliphatic rings. The fraction of sp³-hybridized carbons (Fsp3) is 0.214. The van der Waals surface area contributed by atoms with Crippen molar-refractivity contribution in [1.82, 2.24) is 15.0 Å². The number of benzene rings is 3. The second kappa shape index (κ2) is 11.9. The third-order valence-corrected chi connectivity index (χ3v) is 6.98. The summed E-state index contributed by atoms with van der Waals surface area (Å²) in [6, 6.07) is 19.9. The summed E-state index contributed by atoms with van der Waals surface area (Å²) in [5, 5.41) is 17.3. The van der Waals surface area contributed by atoms with E-state index in [2.05, 4.69) is 29.4 Å². The maximum Gasteiger partial charge on any atom is 0.266 e. The Morgan fingerprint density at radius 1 is 1.11 bits per heavy atom. The van der Waals surface area contributed by atoms with Crippen LogP contribution in [-0.2, 0) is 4.79 Å². The fourth-order valence-corrected chi connectivity index (χ4v) is 4.79. The molecule has 9 heteroatoms. The fourth-order valence-electron chi connectivity index (χ4n) is 3.99. The highest BCUT2D eigenvalue weighted by Crippen LogP contribution is 2.21. The van der Waals surface area contributed by atoms with Gasteiger partial charge < -0.3 is 10.0 Å². The maximum atomic E-state index is 13.3. The van der Waals surface area contributed by atoms with Gasteiger partial charge in [-0.2, -0.15) is 5.10 Å². The lowest BCUT2D eigenvalue weighted by atomic mass is 10.2. The van der Waals surface area contributed by atoms with Gasteiger partial charge in [-0.05, 0) is 68.8 Å². The summed E-state index contributed by atoms with van der Waals surface area (Å²) in [5.74, 6) is -0.537. The Kier molecular flexibility index (Phi) is 8.37. The summed E-state index contributed by atoms with van der Waals surface area (Å²) in [6.45, 7) is 7.89. The summed E-state index contributed by atoms with van der Waals surface area (Å²) in [4.78, 5) is 31.7. The van der Waals surface area contributed by atoms with Crippen LogP contribution in [0.3, 0.4) is 0 Å². The van der Waals surface area contributed by atoms with E-state index in [1.54, 1.807) is 30.3 Å². The number of hydrogen-bond donors (Lipinski definition) is 2. The Balaban J connectivity index is 1.49. The molecule has 0 unspecified atom stereocenters. The van der Waals surface area contributed by atoms with Gasteiger partial charge in [0.15, 0.2) is 5.16 Å². The second-order valence-electron chi connectivity index (χ2n) is 8.53. The molecule has 0 atom stereocenters. The molecule has 0 aliphatic carbocycles. The number of para-hydroxylation sites is 1. The number of carbonyl (C=O) groups is 1. The normalized spacial score (nSPS) is 11.5. The van der Waals surface area contributed by atoms with Crippen molar-refractivity contribution in [1.29, 1.82) is 0 Å². The number of thioether (sulfide) groups is 1. The van der Waals surface area contributed by atoms with Crippen molar-refractivity contribution < 1.29 is 14.8 Å². The van der Waals surface area contributed by atoms with Crippen LogP contribution in [0.15, 0.2) is 81.8 Å². The van der Waals surface area contributed by atoms with Crippen LogP contribution in [-0.4, -0.2) is 40.5 Å². The Hall–Kier alpha value is -3.95. The lowest BCUT2D eigenvalue weighted by Crippen LogP contribution is -3.06. The van der Waals surface area contributed by atoms with Gasteiger partial charge in [0.2, 0.25) is 0 Å². The van der Waals surface area contributed by atoms with E-state index in [9.17, 15) is 14.7 Å². The van der Waals surface area contributed by atoms with Gasteiger partial charge in [-0.15, -0.1) is 0 Å². The Labute approximate surface area is 219 Å². The quantitative estimate of drug-likeness (QED) is 0.154. The third kappa shape index (κ3) is 6.07. The molecule has 3 aromatic carbocycles. The smallest absolute Gasteiger partial charge is 0.266 e. The van der Waals surface area contributed by atoms with Crippen LogP contribution >= 0.6 is 11.8 Å². The number of quaternary nitrogens is 1. The molecule has 0 aliphatic heterocycles. The van der Waals surface area contributed by atoms with Crippen LogP contribution < -0.4 is 21.0 Å². The minimum Gasteiger partial charge on any atom is -0.872 e. The highest BCUT2D eigenvalue weighted by atomic mass is 32.2. The van der Waals surface area contributed by atoms with Crippen LogP contribution in [0.2, 0.25) is 0 Å². The van der Waals surface area contributed by atoms with Gasteiger partial charge in [-0.25, -0.2) is 10.4 Å². The first kappa shape index (κ1) is 26.1. The largest absolute Gasteiger partial charge is 0.872 e. The van der Waals surface area contributed by atoms with E-state index in [-0.39, 0.29) is 23.0 Å². The highest BCUT2D eigenvalue weighted by molar-refractivity contribution is 7.99. The van der Waals surface area contributed by atoms with Crippen LogP contribution in [0.4, 0.5) is 5.69 Å². The van der Waals surface area contributed by atoms with Crippen LogP contribution in [0.25, 0.3) is 16.6 Å². The first-order chi connectivity index (χ1) is 17.9. The minimum atomic E-state index is -0.379. The summed E-state index contributed by atoms with van der Waals surface area (Å²) in [7, 11) is 0. The number of hydrogen-bond acceptors (Lipinski definition) is 6. The van der Waals surface area contributed by atoms with Gasteiger partial charge >= 0.3 is 0 Å². The van der Waals surface area contributed by atoms with Crippen molar-refractivity contribution in [3.8, 4) is 11.4 Å². The lowest BCUT2D eigenvalue weighted by Gasteiger charge is -2.18. The summed E-state index contributed by atoms with van der Waals surface area (Å²) in [6.07, 6.45) is 1.35. The Morgan fingerprint density at radius 3 is 2.54 bits per heavy atom. The van der Waals surface area contributed by atoms with Crippen LogP contribution in [0.5, 0.6) is 5.75 Å². The Morgan fingerprint density at radius 2 is 1.84 bits per heavy atom. The van der Waals surface area contributed by atoms with E-state index in [1.807, 2.05) is 43.3 Å². The van der Waals surface area contributed by atoms with E-state index in [4.69, 9.17) is 0 Å². The van der Waals surface area contributed by atoms with Gasteiger partial charge in [0, 0.05) is 0 Å². The topological polar surface area (TPSA) is 104 Å². The van der Waals surface area contributed by atoms with E-state index in [0.717, 1.165) is 36.1 Å². The molecular weight excluding hydrogens is 486 g/mol. The number of nitrogens with zero attached hydrogens (tertiary/aromatic N) is 3. The van der Waals surface area contributed by atoms with Crippen LogP contribution in [0.1, 0.15) is 25.0 Å². The molecule has 8 nitrogen and oxygen atoms in total. The van der Waals surface area contributed by atoms with E-state index in [1.165, 1.54) is 15.7 Å². The van der Waals surface area contributed by atoms with Gasteiger partial charge in [0.1, 0.15) is 5.69 Å². The van der Waals surface area contributed by atoms with Crippen LogP contribution in [0, 0.1) is 6.92 Å². The molecule has 0 bridgehead atoms. The molecule has 0 saturated carbocycles. The zero-order valence-electron chi connectivity index (χ0n) is 21.0. The predicted molar refractivity (Wildman–Crippen MR) is 146 cm³/mol. The molecule has 190 valence electrons. The molecule has 0 saturated heterocycles. The first-order valence-electron chi connectivity index (χ1n) is 12.1. The summed E-state index contributed by atoms with van der Waals surface area (Å²) >= 11 is 1.14. The van der Waals surface area contributed by atoms with Crippen molar-refractivity contribution in [3.05, 3.63) is 88.2 Å². The van der Waals surface area contributed by atoms with Crippen molar-refractivity contribution in [3.63, 3.8) is 0 Å². The standard InChI is InChI=1S/C28H29N5O3S/c1-4-32(5-2)22-15-12-20(25(34)16-22)17-29-31-26(35)18-37-28-30-24-9-7-6-8-23(24)27(36)33(28)21-13-10-19(3)11-14-21/h6-17,34H,4-5,18H2,1-3H3,(H,31,35). The molecule has 0 radical (unpaired) electrons. The average Bonchev–Trinajstić information content (AvgIpc) is 2.90. The van der Waals surface area contributed by atoms with Gasteiger partial charge in [0.05, 0.1) is 41.6 Å². The molecular formula is C28H29N5O3S. The molecule has 0 spiro atoms. The van der Waals surface area contributed by atoms with Crippen molar-refractivity contribution in [2.45, 2.75) is 25.9 Å². The van der Waals surface area contributed by atoms with Crippen molar-refractivity contribution >= 4 is 40.5 Å². The average molecular weight is 516 g/mol. The number of amides is 1. The number of rotatable bonds is 9. The monoisotopic (exact) mass is 515 g/mol. The molecule has 37 heavy (non-hydrogen) atoms. The number of fused-ring (bicyclic) bond motifs is 1. The number of aryl methyl sites for hydroxylation is 1. The molecule has 4 aromatic rings. The van der Waals surface area contributed by atoms with Crippen molar-refractivity contribution in [2.75, 3.05) is 18.8 Å². The highest BCUT2D eigenvalue weighted by Gasteiger charge is 2.15. The molecule has 1 aromatic heterocycles. The molecule has 1 heterocycles. The van der Waals surface area contributed by atoms with Gasteiger partial charge in [-0.1, -0.05) is 47.3 Å². The predicted octanol–water partition coefficient (Wildman–Crippen LogP) is 2.57. The lowest BCUT2D eigenvalue weighted by molar-refractivity contribution is -0.828. The minimum absolute atomic E-state index is 0.0114. The number of carbonyl (C=O) groups excluding carboxylic acids is 1. The van der Waals surface area contributed by atoms with E-state index >= 15 is 0 Å². The number of aromatic nitrogens is 2. The summed E-state index contributed by atoms with van der Waals surface area (Å²) < 4.78 is 1.52. The zero-order chi connectivity index (χ0) is 26.4. The van der Waals surface area contributed by atoms with Gasteiger partial charge in [-0.3, -0.25) is 14.2 Å². The van der Waals surface area contributed by atoms with E-state index < -0.39 is 0 Å². The SMILES string of the molecule is CC[NH+](CC)c1ccc(C=NNC(=O)CSc2nc3ccccc3c(=O)n2-c2ccc(C)cc2)c([O-])c1. The number of hydrazone groups is 1. The van der Waals surface area contributed by atoms with Crippen molar-refractivity contribution in [2.24, 2.45) is 5.10 Å². The summed E-state index contributed by atoms with van der Waals surface area (Å²) in [5.41, 5.74) is 5.90. The molecule has 0 fully saturated rings. The number of nitrogens with one attached hydrogen (secondary N) is 2. The maximum absolute atomic E-state index is 13.3. The van der Waals surface area contributed by atoms with Gasteiger partial charge in [0.25, 0.3) is 11.5 Å². The molecule has 1 amide bonds. The zero-order valence-corrected chi connectivity index (χ0v) is 21.8. The molecule has 2 N–H and O–H groups in total.